The molecule has 7 nitrogen and oxygen atoms in total. The fourth-order valence-electron chi connectivity index (χ4n) is 4.52. The molecule has 7 heteroatoms. The highest BCUT2D eigenvalue weighted by molar-refractivity contribution is 5.96. The second-order valence-corrected chi connectivity index (χ2v) is 7.94. The number of carbonyl (C=O) groups excluding carboxylic acids is 3. The smallest absolute Gasteiger partial charge is 0.310 e. The number of hydrogen-bond donors (Lipinski definition) is 2. The zero-order valence-electron chi connectivity index (χ0n) is 17.4. The molecule has 0 bridgehead atoms. The van der Waals surface area contributed by atoms with Crippen molar-refractivity contribution in [2.24, 2.45) is 23.7 Å². The van der Waals surface area contributed by atoms with Crippen LogP contribution in [0.25, 0.3) is 0 Å². The number of nitrogens with zero attached hydrogens (tertiary/aromatic N) is 1. The van der Waals surface area contributed by atoms with Gasteiger partial charge in [-0.3, -0.25) is 14.4 Å². The van der Waals surface area contributed by atoms with Crippen molar-refractivity contribution in [2.75, 3.05) is 19.8 Å². The van der Waals surface area contributed by atoms with Crippen LogP contribution in [0.5, 0.6) is 0 Å². The lowest BCUT2D eigenvalue weighted by atomic mass is 9.69. The summed E-state index contributed by atoms with van der Waals surface area (Å²) in [5.74, 6) is -2.37. The lowest BCUT2D eigenvalue weighted by Gasteiger charge is -2.34. The van der Waals surface area contributed by atoms with Crippen molar-refractivity contribution in [2.45, 2.75) is 59.0 Å². The zero-order valence-corrected chi connectivity index (χ0v) is 17.4. The number of ether oxygens (including phenoxy) is 1. The highest BCUT2D eigenvalue weighted by atomic mass is 16.5. The van der Waals surface area contributed by atoms with Crippen LogP contribution in [0.3, 0.4) is 0 Å². The molecule has 5 atom stereocenters. The molecule has 28 heavy (non-hydrogen) atoms. The fourth-order valence-corrected chi connectivity index (χ4v) is 4.52. The van der Waals surface area contributed by atoms with Crippen LogP contribution in [-0.4, -0.2) is 59.6 Å². The lowest BCUT2D eigenvalue weighted by Crippen LogP contribution is -2.49. The summed E-state index contributed by atoms with van der Waals surface area (Å²) in [6.07, 6.45) is 6.01. The molecule has 0 radical (unpaired) electrons. The second-order valence-electron chi connectivity index (χ2n) is 7.94. The third-order valence-electron chi connectivity index (χ3n) is 5.55. The maximum atomic E-state index is 13.3. The van der Waals surface area contributed by atoms with Gasteiger partial charge in [-0.15, -0.1) is 0 Å². The quantitative estimate of drug-likeness (QED) is 0.456. The van der Waals surface area contributed by atoms with Crippen molar-refractivity contribution in [1.29, 1.82) is 0 Å². The Balaban J connectivity index is 2.42. The summed E-state index contributed by atoms with van der Waals surface area (Å²) >= 11 is 0. The molecule has 2 rings (SSSR count). The third-order valence-corrected chi connectivity index (χ3v) is 5.55. The van der Waals surface area contributed by atoms with Crippen molar-refractivity contribution in [3.63, 3.8) is 0 Å². The van der Waals surface area contributed by atoms with Crippen LogP contribution in [0.2, 0.25) is 0 Å². The molecule has 1 aliphatic heterocycles. The fraction of sp³-hybridized carbons (Fsp3) is 0.762. The molecule has 2 amide bonds. The van der Waals surface area contributed by atoms with E-state index in [9.17, 15) is 19.5 Å². The first-order valence-electron chi connectivity index (χ1n) is 10.4. The molecule has 2 aliphatic rings. The number of likely N-dealkylation sites (tertiary alicyclic amines) is 1. The largest absolute Gasteiger partial charge is 0.466 e. The highest BCUT2D eigenvalue weighted by Crippen LogP contribution is 2.45. The third kappa shape index (κ3) is 4.57. The van der Waals surface area contributed by atoms with Crippen molar-refractivity contribution in [1.82, 2.24) is 10.2 Å². The molecule has 2 N–H and O–H groups in total. The first-order chi connectivity index (χ1) is 13.4. The van der Waals surface area contributed by atoms with Crippen LogP contribution in [-0.2, 0) is 19.1 Å². The summed E-state index contributed by atoms with van der Waals surface area (Å²) in [6.45, 7) is 8.04. The molecule has 0 unspecified atom stereocenters. The van der Waals surface area contributed by atoms with Gasteiger partial charge in [0.1, 0.15) is 6.04 Å². The Morgan fingerprint density at radius 3 is 2.57 bits per heavy atom. The maximum absolute atomic E-state index is 13.3. The Labute approximate surface area is 167 Å². The molecule has 1 saturated heterocycles. The van der Waals surface area contributed by atoms with Gasteiger partial charge in [0, 0.05) is 25.1 Å². The number of amides is 2. The van der Waals surface area contributed by atoms with Gasteiger partial charge in [-0.05, 0) is 39.5 Å². The molecule has 158 valence electrons. The van der Waals surface area contributed by atoms with Crippen LogP contribution in [0.1, 0.15) is 47.0 Å². The number of aliphatic hydroxyl groups excluding tert-OH is 1. The molecule has 0 saturated carbocycles. The summed E-state index contributed by atoms with van der Waals surface area (Å²) in [5.41, 5.74) is 0. The van der Waals surface area contributed by atoms with Gasteiger partial charge >= 0.3 is 5.97 Å². The van der Waals surface area contributed by atoms with E-state index in [1.807, 2.05) is 32.9 Å². The van der Waals surface area contributed by atoms with E-state index < -0.39 is 17.9 Å². The Hall–Kier alpha value is -1.89. The van der Waals surface area contributed by atoms with Crippen molar-refractivity contribution in [3.05, 3.63) is 12.2 Å². The Morgan fingerprint density at radius 1 is 1.29 bits per heavy atom. The average Bonchev–Trinajstić information content (AvgIpc) is 2.92. The van der Waals surface area contributed by atoms with Crippen molar-refractivity contribution >= 4 is 17.8 Å². The Kier molecular flexibility index (Phi) is 8.04. The van der Waals surface area contributed by atoms with Gasteiger partial charge in [-0.2, -0.15) is 0 Å². The maximum Gasteiger partial charge on any atom is 0.310 e. The number of esters is 1. The van der Waals surface area contributed by atoms with E-state index in [4.69, 9.17) is 4.74 Å². The summed E-state index contributed by atoms with van der Waals surface area (Å²) in [6, 6.07) is -0.718. The van der Waals surface area contributed by atoms with Gasteiger partial charge in [0.25, 0.3) is 0 Å². The minimum atomic E-state index is -0.665. The number of fused-ring (bicyclic) bond motifs is 1. The van der Waals surface area contributed by atoms with E-state index in [0.717, 1.165) is 12.8 Å². The van der Waals surface area contributed by atoms with Crippen LogP contribution < -0.4 is 5.32 Å². The molecular weight excluding hydrogens is 360 g/mol. The van der Waals surface area contributed by atoms with E-state index in [-0.39, 0.29) is 48.9 Å². The topological polar surface area (TPSA) is 95.9 Å². The van der Waals surface area contributed by atoms with Crippen LogP contribution in [0.15, 0.2) is 12.2 Å². The lowest BCUT2D eigenvalue weighted by molar-refractivity contribution is -0.155. The number of nitrogens with one attached hydrogen (secondary N) is 1. The van der Waals surface area contributed by atoms with Crippen molar-refractivity contribution < 1.29 is 24.2 Å². The zero-order chi connectivity index (χ0) is 20.8. The second kappa shape index (κ2) is 10.0. The molecule has 0 aromatic heterocycles. The van der Waals surface area contributed by atoms with Gasteiger partial charge in [0.05, 0.1) is 18.4 Å². The molecule has 0 spiro atoms. The molecule has 0 aromatic rings. The molecule has 1 fully saturated rings. The van der Waals surface area contributed by atoms with Gasteiger partial charge < -0.3 is 20.1 Å². The minimum absolute atomic E-state index is 0.0531. The van der Waals surface area contributed by atoms with Crippen LogP contribution in [0.4, 0.5) is 0 Å². The number of carbonyl (C=O) groups is 3. The summed E-state index contributed by atoms with van der Waals surface area (Å²) in [5, 5.41) is 12.1. The van der Waals surface area contributed by atoms with E-state index in [1.165, 1.54) is 0 Å². The summed E-state index contributed by atoms with van der Waals surface area (Å²) in [4.78, 5) is 40.6. The molecule has 1 aliphatic carbocycles. The molecule has 0 aromatic carbocycles. The van der Waals surface area contributed by atoms with Gasteiger partial charge in [-0.1, -0.05) is 25.5 Å². The highest BCUT2D eigenvalue weighted by Gasteiger charge is 2.57. The van der Waals surface area contributed by atoms with Gasteiger partial charge in [0.15, 0.2) is 0 Å². The van der Waals surface area contributed by atoms with E-state index in [1.54, 1.807) is 11.8 Å². The predicted octanol–water partition coefficient (Wildman–Crippen LogP) is 1.50. The van der Waals surface area contributed by atoms with Crippen LogP contribution >= 0.6 is 0 Å². The number of aliphatic hydroxyl groups is 1. The Bertz CT molecular complexity index is 604. The minimum Gasteiger partial charge on any atom is -0.466 e. The van der Waals surface area contributed by atoms with Crippen LogP contribution in [0, 0.1) is 23.7 Å². The summed E-state index contributed by atoms with van der Waals surface area (Å²) < 4.78 is 5.31. The predicted molar refractivity (Wildman–Crippen MR) is 105 cm³/mol. The van der Waals surface area contributed by atoms with E-state index >= 15 is 0 Å². The van der Waals surface area contributed by atoms with Gasteiger partial charge in [0.2, 0.25) is 11.8 Å². The SMILES string of the molecule is CCC[C@@H]1C=C[C@H]2[C@@H](C(=O)N(CCCO)[C@@H]2C(=O)NC(C)C)[C@@H]1C(=O)OCC. The number of allylic oxidation sites excluding steroid dienone is 1. The first-order valence-corrected chi connectivity index (χ1v) is 10.4. The normalized spacial score (nSPS) is 29.1. The Morgan fingerprint density at radius 2 is 2.00 bits per heavy atom. The average molecular weight is 395 g/mol. The number of rotatable bonds is 9. The summed E-state index contributed by atoms with van der Waals surface area (Å²) in [7, 11) is 0. The number of hydrogen-bond acceptors (Lipinski definition) is 5. The van der Waals surface area contributed by atoms with Gasteiger partial charge in [-0.25, -0.2) is 0 Å². The monoisotopic (exact) mass is 394 g/mol. The van der Waals surface area contributed by atoms with E-state index in [0.29, 0.717) is 13.0 Å². The molecular formula is C21H34N2O5. The standard InChI is InChI=1S/C21H34N2O5/c1-5-8-14-9-10-15-17(16(14)21(27)28-6-2)20(26)23(11-7-12-24)18(15)19(25)22-13(3)4/h9-10,13-18,24H,5-8,11-12H2,1-4H3,(H,22,25)/t14-,15+,16-,17-,18+/m1/s1. The van der Waals surface area contributed by atoms with Crippen molar-refractivity contribution in [3.8, 4) is 0 Å². The first kappa shape index (κ1) is 22.4. The van der Waals surface area contributed by atoms with E-state index in [2.05, 4.69) is 5.32 Å². The molecule has 1 heterocycles.